The Morgan fingerprint density at radius 3 is 3.18 bits per heavy atom. The van der Waals surface area contributed by atoms with E-state index in [4.69, 9.17) is 5.73 Å². The average molecular weight is 150 g/mol. The van der Waals surface area contributed by atoms with Crippen molar-refractivity contribution in [2.75, 3.05) is 0 Å². The first-order valence-electron chi connectivity index (χ1n) is 3.09. The summed E-state index contributed by atoms with van der Waals surface area (Å²) in [5, 5.41) is 2.75. The molecule has 2 heterocycles. The molecule has 0 unspecified atom stereocenters. The number of carbonyl (C=O) groups excluding carboxylic acids is 1. The van der Waals surface area contributed by atoms with E-state index in [1.54, 1.807) is 23.0 Å². The fourth-order valence-corrected chi connectivity index (χ4v) is 0.934. The number of aromatic nitrogens is 3. The van der Waals surface area contributed by atoms with E-state index in [-0.39, 0.29) is 0 Å². The Labute approximate surface area is 61.8 Å². The van der Waals surface area contributed by atoms with Crippen LogP contribution in [-0.4, -0.2) is 20.5 Å². The Kier molecular flexibility index (Phi) is 1.00. The van der Waals surface area contributed by atoms with Gasteiger partial charge in [-0.15, -0.1) is 0 Å². The Morgan fingerprint density at radius 1 is 1.73 bits per heavy atom. The van der Waals surface area contributed by atoms with E-state index in [1.165, 1.54) is 0 Å². The highest BCUT2D eigenvalue weighted by atomic mass is 16.1. The number of hydrogen-bond acceptors (Lipinski definition) is 2. The van der Waals surface area contributed by atoms with E-state index in [2.05, 4.69) is 10.1 Å². The van der Waals surface area contributed by atoms with Gasteiger partial charge in [0, 0.05) is 18.5 Å². The molecule has 0 radical (unpaired) electrons. The molecule has 0 bridgehead atoms. The number of rotatable bonds is 1. The number of aromatic amines is 1. The van der Waals surface area contributed by atoms with E-state index in [0.717, 1.165) is 0 Å². The first-order chi connectivity index (χ1) is 5.27. The van der Waals surface area contributed by atoms with Crippen LogP contribution >= 0.6 is 0 Å². The zero-order valence-corrected chi connectivity index (χ0v) is 5.61. The standard InChI is InChI=1S/C6H6N4O/c7-6(11)4-3-5-8-1-2-10(5)9-4/h1-3,9H,(H2,7,11). The molecule has 0 saturated heterocycles. The summed E-state index contributed by atoms with van der Waals surface area (Å²) in [5.74, 6) is -0.476. The second-order valence-electron chi connectivity index (χ2n) is 2.19. The maximum Gasteiger partial charge on any atom is 0.266 e. The van der Waals surface area contributed by atoms with Crippen LogP contribution in [0.2, 0.25) is 0 Å². The summed E-state index contributed by atoms with van der Waals surface area (Å²) < 4.78 is 1.63. The van der Waals surface area contributed by atoms with Crippen LogP contribution in [0.4, 0.5) is 0 Å². The number of hydrogen-bond donors (Lipinski definition) is 2. The Balaban J connectivity index is 2.67. The third kappa shape index (κ3) is 0.778. The first kappa shape index (κ1) is 5.96. The topological polar surface area (TPSA) is 76.2 Å². The van der Waals surface area contributed by atoms with Crippen molar-refractivity contribution < 1.29 is 4.79 Å². The zero-order chi connectivity index (χ0) is 7.84. The summed E-state index contributed by atoms with van der Waals surface area (Å²) in [4.78, 5) is 14.6. The molecule has 0 aromatic carbocycles. The third-order valence-electron chi connectivity index (χ3n) is 1.45. The Hall–Kier alpha value is -1.78. The van der Waals surface area contributed by atoms with Gasteiger partial charge in [-0.2, -0.15) is 0 Å². The van der Waals surface area contributed by atoms with Crippen LogP contribution in [0.5, 0.6) is 0 Å². The second kappa shape index (κ2) is 1.85. The molecule has 2 rings (SSSR count). The zero-order valence-electron chi connectivity index (χ0n) is 5.61. The monoisotopic (exact) mass is 150 g/mol. The quantitative estimate of drug-likeness (QED) is 0.588. The number of amides is 1. The van der Waals surface area contributed by atoms with Gasteiger partial charge in [0.2, 0.25) is 0 Å². The largest absolute Gasteiger partial charge is 0.364 e. The highest BCUT2D eigenvalue weighted by Crippen LogP contribution is 2.01. The fraction of sp³-hybridized carbons (Fsp3) is 0. The van der Waals surface area contributed by atoms with Crippen molar-refractivity contribution in [2.24, 2.45) is 5.73 Å². The van der Waals surface area contributed by atoms with Gasteiger partial charge in [-0.1, -0.05) is 0 Å². The van der Waals surface area contributed by atoms with Gasteiger partial charge in [-0.25, -0.2) is 9.50 Å². The maximum absolute atomic E-state index is 10.6. The lowest BCUT2D eigenvalue weighted by Gasteiger charge is -1.84. The molecule has 11 heavy (non-hydrogen) atoms. The van der Waals surface area contributed by atoms with E-state index in [9.17, 15) is 4.79 Å². The van der Waals surface area contributed by atoms with E-state index in [0.29, 0.717) is 11.3 Å². The van der Waals surface area contributed by atoms with Crippen molar-refractivity contribution in [1.29, 1.82) is 0 Å². The average Bonchev–Trinajstić information content (AvgIpc) is 2.40. The highest BCUT2D eigenvalue weighted by molar-refractivity contribution is 5.91. The molecular weight excluding hydrogens is 144 g/mol. The molecule has 2 aromatic rings. The van der Waals surface area contributed by atoms with Crippen LogP contribution in [0.15, 0.2) is 18.5 Å². The minimum absolute atomic E-state index is 0.369. The first-order valence-corrected chi connectivity index (χ1v) is 3.09. The van der Waals surface area contributed by atoms with E-state index >= 15 is 0 Å². The molecular formula is C6H6N4O. The SMILES string of the molecule is NC(=O)c1cc2nccn2[nH]1. The van der Waals surface area contributed by atoms with Crippen molar-refractivity contribution in [3.05, 3.63) is 24.2 Å². The summed E-state index contributed by atoms with van der Waals surface area (Å²) in [6, 6.07) is 1.60. The molecule has 0 aliphatic heterocycles. The van der Waals surface area contributed by atoms with Gasteiger partial charge < -0.3 is 5.73 Å². The van der Waals surface area contributed by atoms with Gasteiger partial charge in [0.05, 0.1) is 0 Å². The number of H-pyrrole nitrogens is 1. The van der Waals surface area contributed by atoms with Crippen molar-refractivity contribution in [3.63, 3.8) is 0 Å². The lowest BCUT2D eigenvalue weighted by atomic mass is 10.4. The van der Waals surface area contributed by atoms with Gasteiger partial charge >= 0.3 is 0 Å². The fourth-order valence-electron chi connectivity index (χ4n) is 0.934. The smallest absolute Gasteiger partial charge is 0.266 e. The van der Waals surface area contributed by atoms with Crippen molar-refractivity contribution in [3.8, 4) is 0 Å². The van der Waals surface area contributed by atoms with Gasteiger partial charge in [0.25, 0.3) is 5.91 Å². The summed E-state index contributed by atoms with van der Waals surface area (Å²) in [6.07, 6.45) is 3.35. The maximum atomic E-state index is 10.6. The number of nitrogens with one attached hydrogen (secondary N) is 1. The molecule has 0 aliphatic rings. The molecule has 0 saturated carbocycles. The Bertz CT molecular complexity index is 371. The van der Waals surface area contributed by atoms with Crippen molar-refractivity contribution >= 4 is 11.6 Å². The summed E-state index contributed by atoms with van der Waals surface area (Å²) in [5.41, 5.74) is 6.09. The molecule has 0 fully saturated rings. The van der Waals surface area contributed by atoms with Gasteiger partial charge in [0.15, 0.2) is 5.65 Å². The van der Waals surface area contributed by atoms with E-state index < -0.39 is 5.91 Å². The highest BCUT2D eigenvalue weighted by Gasteiger charge is 2.04. The number of nitrogens with two attached hydrogens (primary N) is 1. The number of imidazole rings is 1. The van der Waals surface area contributed by atoms with E-state index in [1.807, 2.05) is 0 Å². The van der Waals surface area contributed by atoms with Gasteiger partial charge in [-0.3, -0.25) is 9.89 Å². The minimum Gasteiger partial charge on any atom is -0.364 e. The van der Waals surface area contributed by atoms with Gasteiger partial charge in [0.1, 0.15) is 5.69 Å². The minimum atomic E-state index is -0.476. The molecule has 3 N–H and O–H groups in total. The molecule has 1 amide bonds. The van der Waals surface area contributed by atoms with Crippen molar-refractivity contribution in [2.45, 2.75) is 0 Å². The lowest BCUT2D eigenvalue weighted by Crippen LogP contribution is -2.11. The van der Waals surface area contributed by atoms with Crippen molar-refractivity contribution in [1.82, 2.24) is 14.6 Å². The lowest BCUT2D eigenvalue weighted by molar-refractivity contribution is 0.0995. The van der Waals surface area contributed by atoms with Crippen LogP contribution in [0.25, 0.3) is 5.65 Å². The molecule has 5 heteroatoms. The number of fused-ring (bicyclic) bond motifs is 1. The number of carbonyl (C=O) groups is 1. The predicted molar refractivity (Wildman–Crippen MR) is 38.1 cm³/mol. The molecule has 0 atom stereocenters. The summed E-state index contributed by atoms with van der Waals surface area (Å²) >= 11 is 0. The predicted octanol–water partition coefficient (Wildman–Crippen LogP) is -0.239. The normalized spacial score (nSPS) is 10.5. The van der Waals surface area contributed by atoms with Crippen LogP contribution in [0, 0.1) is 0 Å². The van der Waals surface area contributed by atoms with Crippen LogP contribution in [0.1, 0.15) is 10.5 Å². The molecule has 0 aliphatic carbocycles. The summed E-state index contributed by atoms with van der Waals surface area (Å²) in [7, 11) is 0. The summed E-state index contributed by atoms with van der Waals surface area (Å²) in [6.45, 7) is 0. The van der Waals surface area contributed by atoms with Crippen LogP contribution < -0.4 is 5.73 Å². The van der Waals surface area contributed by atoms with Gasteiger partial charge in [-0.05, 0) is 0 Å². The molecule has 2 aromatic heterocycles. The number of nitrogens with zero attached hydrogens (tertiary/aromatic N) is 2. The Morgan fingerprint density at radius 2 is 2.55 bits per heavy atom. The number of primary amides is 1. The third-order valence-corrected chi connectivity index (χ3v) is 1.45. The molecule has 0 spiro atoms. The molecule has 5 nitrogen and oxygen atoms in total. The van der Waals surface area contributed by atoms with Crippen LogP contribution in [0.3, 0.4) is 0 Å². The molecule has 56 valence electrons. The van der Waals surface area contributed by atoms with Crippen LogP contribution in [-0.2, 0) is 0 Å². The second-order valence-corrected chi connectivity index (χ2v) is 2.19.